The van der Waals surface area contributed by atoms with E-state index in [0.717, 1.165) is 43.9 Å². The maximum atomic E-state index is 12.5. The predicted molar refractivity (Wildman–Crippen MR) is 92.7 cm³/mol. The molecule has 5 heteroatoms. The summed E-state index contributed by atoms with van der Waals surface area (Å²) in [5, 5.41) is 0. The molecule has 1 aromatic heterocycles. The van der Waals surface area contributed by atoms with Gasteiger partial charge in [-0.3, -0.25) is 0 Å². The van der Waals surface area contributed by atoms with Crippen molar-refractivity contribution >= 4 is 11.9 Å². The minimum Gasteiger partial charge on any atom is -0.444 e. The highest BCUT2D eigenvalue weighted by molar-refractivity contribution is 5.70. The Morgan fingerprint density at radius 3 is 2.70 bits per heavy atom. The third kappa shape index (κ3) is 4.15. The molecule has 128 valence electrons. The minimum atomic E-state index is -0.471. The van der Waals surface area contributed by atoms with Gasteiger partial charge < -0.3 is 14.5 Å². The zero-order valence-corrected chi connectivity index (χ0v) is 15.0. The van der Waals surface area contributed by atoms with Gasteiger partial charge in [-0.1, -0.05) is 6.07 Å². The molecule has 0 unspecified atom stereocenters. The largest absolute Gasteiger partial charge is 0.444 e. The Morgan fingerprint density at radius 1 is 1.39 bits per heavy atom. The zero-order chi connectivity index (χ0) is 17.0. The van der Waals surface area contributed by atoms with Gasteiger partial charge in [0.1, 0.15) is 11.4 Å². The van der Waals surface area contributed by atoms with Gasteiger partial charge >= 0.3 is 6.09 Å². The molecule has 0 saturated carbocycles. The van der Waals surface area contributed by atoms with Crippen molar-refractivity contribution in [2.75, 3.05) is 24.5 Å². The van der Waals surface area contributed by atoms with Crippen molar-refractivity contribution in [3.8, 4) is 0 Å². The molecule has 1 aliphatic heterocycles. The van der Waals surface area contributed by atoms with Crippen LogP contribution in [-0.2, 0) is 4.74 Å². The highest BCUT2D eigenvalue weighted by Gasteiger charge is 2.35. The fourth-order valence-corrected chi connectivity index (χ4v) is 3.09. The summed E-state index contributed by atoms with van der Waals surface area (Å²) in [6, 6.07) is 4.09. The Labute approximate surface area is 139 Å². The van der Waals surface area contributed by atoms with Crippen LogP contribution in [0.25, 0.3) is 0 Å². The third-order valence-electron chi connectivity index (χ3n) is 4.12. The van der Waals surface area contributed by atoms with Crippen LogP contribution in [0.2, 0.25) is 0 Å². The van der Waals surface area contributed by atoms with E-state index in [9.17, 15) is 4.79 Å². The first kappa shape index (κ1) is 17.6. The van der Waals surface area contributed by atoms with Crippen molar-refractivity contribution in [2.24, 2.45) is 0 Å². The first-order chi connectivity index (χ1) is 10.9. The van der Waals surface area contributed by atoms with Crippen molar-refractivity contribution in [1.29, 1.82) is 0 Å². The Morgan fingerprint density at radius 2 is 2.09 bits per heavy atom. The van der Waals surface area contributed by atoms with Crippen molar-refractivity contribution < 1.29 is 9.53 Å². The summed E-state index contributed by atoms with van der Waals surface area (Å²) in [4.78, 5) is 21.2. The maximum Gasteiger partial charge on any atom is 0.410 e. The van der Waals surface area contributed by atoms with E-state index in [-0.39, 0.29) is 12.1 Å². The number of hydrogen-bond acceptors (Lipinski definition) is 4. The van der Waals surface area contributed by atoms with E-state index in [1.54, 1.807) is 0 Å². The molecule has 0 spiro atoms. The number of ether oxygens (including phenoxy) is 1. The van der Waals surface area contributed by atoms with Gasteiger partial charge in [-0.05, 0) is 53.5 Å². The van der Waals surface area contributed by atoms with Gasteiger partial charge in [0.15, 0.2) is 0 Å². The smallest absolute Gasteiger partial charge is 0.410 e. The number of hydrogen-bond donors (Lipinski definition) is 0. The van der Waals surface area contributed by atoms with Gasteiger partial charge in [0.25, 0.3) is 0 Å². The van der Waals surface area contributed by atoms with E-state index in [4.69, 9.17) is 4.74 Å². The van der Waals surface area contributed by atoms with Gasteiger partial charge in [0.05, 0.1) is 6.04 Å². The van der Waals surface area contributed by atoms with Crippen molar-refractivity contribution in [3.05, 3.63) is 23.9 Å². The molecule has 0 radical (unpaired) electrons. The van der Waals surface area contributed by atoms with E-state index in [2.05, 4.69) is 29.8 Å². The summed E-state index contributed by atoms with van der Waals surface area (Å²) in [7, 11) is 0. The van der Waals surface area contributed by atoms with Crippen LogP contribution in [0.3, 0.4) is 0 Å². The van der Waals surface area contributed by atoms with E-state index >= 15 is 0 Å². The van der Waals surface area contributed by atoms with Gasteiger partial charge in [0.2, 0.25) is 0 Å². The Bertz CT molecular complexity index is 535. The van der Waals surface area contributed by atoms with Gasteiger partial charge in [0, 0.05) is 31.4 Å². The van der Waals surface area contributed by atoms with Crippen LogP contribution < -0.4 is 4.90 Å². The highest BCUT2D eigenvalue weighted by Crippen LogP contribution is 2.37. The lowest BCUT2D eigenvalue weighted by Crippen LogP contribution is -2.37. The molecule has 1 atom stereocenters. The molecule has 0 aromatic carbocycles. The molecule has 2 rings (SSSR count). The third-order valence-corrected chi connectivity index (χ3v) is 4.12. The molecule has 1 aliphatic rings. The Balaban J connectivity index is 2.28. The maximum absolute atomic E-state index is 12.5. The summed E-state index contributed by atoms with van der Waals surface area (Å²) >= 11 is 0. The summed E-state index contributed by atoms with van der Waals surface area (Å²) < 4.78 is 5.58. The van der Waals surface area contributed by atoms with Crippen LogP contribution in [0.5, 0.6) is 0 Å². The molecule has 1 aromatic rings. The second kappa shape index (κ2) is 7.20. The number of likely N-dealkylation sites (tertiary alicyclic amines) is 1. The fourth-order valence-electron chi connectivity index (χ4n) is 3.09. The predicted octanol–water partition coefficient (Wildman–Crippen LogP) is 4.00. The van der Waals surface area contributed by atoms with Crippen molar-refractivity contribution in [3.63, 3.8) is 0 Å². The number of amides is 1. The van der Waals surface area contributed by atoms with Crippen LogP contribution in [0.4, 0.5) is 10.6 Å². The standard InChI is InChI=1S/C18H29N3O2/c1-6-20(7-2)16-14(10-8-12-19-16)15-11-9-13-21(15)17(22)23-18(3,4)5/h8,10,12,15H,6-7,9,11,13H2,1-5H3/t15-/m1/s1. The second-order valence-corrected chi connectivity index (χ2v) is 6.92. The lowest BCUT2D eigenvalue weighted by Gasteiger charge is -2.31. The van der Waals surface area contributed by atoms with E-state index in [1.807, 2.05) is 37.9 Å². The zero-order valence-electron chi connectivity index (χ0n) is 15.0. The lowest BCUT2D eigenvalue weighted by molar-refractivity contribution is 0.0224. The number of rotatable bonds is 4. The molecule has 0 aliphatic carbocycles. The second-order valence-electron chi connectivity index (χ2n) is 6.92. The van der Waals surface area contributed by atoms with E-state index < -0.39 is 5.60 Å². The first-order valence-electron chi connectivity index (χ1n) is 8.56. The molecular formula is C18H29N3O2. The van der Waals surface area contributed by atoms with Gasteiger partial charge in [-0.15, -0.1) is 0 Å². The number of carbonyl (C=O) groups is 1. The number of anilines is 1. The molecule has 1 amide bonds. The summed E-state index contributed by atoms with van der Waals surface area (Å²) in [5.41, 5.74) is 0.653. The number of nitrogens with zero attached hydrogens (tertiary/aromatic N) is 3. The normalized spacial score (nSPS) is 18.1. The molecule has 1 fully saturated rings. The fraction of sp³-hybridized carbons (Fsp3) is 0.667. The molecule has 5 nitrogen and oxygen atoms in total. The highest BCUT2D eigenvalue weighted by atomic mass is 16.6. The molecule has 0 N–H and O–H groups in total. The topological polar surface area (TPSA) is 45.7 Å². The van der Waals surface area contributed by atoms with Crippen LogP contribution in [0.1, 0.15) is 59.1 Å². The summed E-state index contributed by atoms with van der Waals surface area (Å²) in [6.45, 7) is 12.5. The van der Waals surface area contributed by atoms with E-state index in [1.165, 1.54) is 0 Å². The van der Waals surface area contributed by atoms with Crippen molar-refractivity contribution in [2.45, 2.75) is 59.1 Å². The summed E-state index contributed by atoms with van der Waals surface area (Å²) in [5.74, 6) is 0.984. The van der Waals surface area contributed by atoms with Crippen molar-refractivity contribution in [1.82, 2.24) is 9.88 Å². The SMILES string of the molecule is CCN(CC)c1ncccc1[C@H]1CCCN1C(=O)OC(C)(C)C. The number of aromatic nitrogens is 1. The molecule has 0 bridgehead atoms. The molecule has 1 saturated heterocycles. The number of carbonyl (C=O) groups excluding carboxylic acids is 1. The number of pyridine rings is 1. The van der Waals surface area contributed by atoms with Crippen LogP contribution in [0.15, 0.2) is 18.3 Å². The van der Waals surface area contributed by atoms with Crippen LogP contribution in [0, 0.1) is 0 Å². The average molecular weight is 319 g/mol. The summed E-state index contributed by atoms with van der Waals surface area (Å²) in [6.07, 6.45) is 3.55. The van der Waals surface area contributed by atoms with Crippen LogP contribution in [-0.4, -0.2) is 41.2 Å². The minimum absolute atomic E-state index is 0.0501. The average Bonchev–Trinajstić information content (AvgIpc) is 2.97. The first-order valence-corrected chi connectivity index (χ1v) is 8.56. The Kier molecular flexibility index (Phi) is 5.50. The lowest BCUT2D eigenvalue weighted by atomic mass is 10.0. The Hall–Kier alpha value is -1.78. The van der Waals surface area contributed by atoms with E-state index in [0.29, 0.717) is 0 Å². The molecule has 23 heavy (non-hydrogen) atoms. The van der Waals surface area contributed by atoms with Gasteiger partial charge in [-0.25, -0.2) is 9.78 Å². The molecule has 2 heterocycles. The van der Waals surface area contributed by atoms with Gasteiger partial charge in [-0.2, -0.15) is 0 Å². The quantitative estimate of drug-likeness (QED) is 0.841. The van der Waals surface area contributed by atoms with Crippen LogP contribution >= 0.6 is 0 Å². The molecular weight excluding hydrogens is 290 g/mol. The monoisotopic (exact) mass is 319 g/mol.